The molecule has 0 aliphatic heterocycles. The molecule has 1 N–H and O–H groups in total. The average molecular weight is 154 g/mol. The van der Waals surface area contributed by atoms with E-state index in [4.69, 9.17) is 5.26 Å². The average Bonchev–Trinajstić information content (AvgIpc) is 2.03. The maximum absolute atomic E-state index is 8.28. The first kappa shape index (κ1) is 10.4. The van der Waals surface area contributed by atoms with Gasteiger partial charge >= 0.3 is 0 Å². The van der Waals surface area contributed by atoms with E-state index in [1.807, 2.05) is 0 Å². The van der Waals surface area contributed by atoms with Gasteiger partial charge in [-0.1, -0.05) is 20.3 Å². The smallest absolute Gasteiger partial charge is 0.0635 e. The highest BCUT2D eigenvalue weighted by molar-refractivity contribution is 4.73. The van der Waals surface area contributed by atoms with Crippen molar-refractivity contribution in [2.45, 2.75) is 39.7 Å². The predicted octanol–water partition coefficient (Wildman–Crippen LogP) is 1.92. The highest BCUT2D eigenvalue weighted by Crippen LogP contribution is 2.05. The summed E-state index contributed by atoms with van der Waals surface area (Å²) >= 11 is 0. The Morgan fingerprint density at radius 1 is 1.45 bits per heavy atom. The van der Waals surface area contributed by atoms with Gasteiger partial charge in [0.15, 0.2) is 0 Å². The summed E-state index contributed by atoms with van der Waals surface area (Å²) in [5.41, 5.74) is 0. The van der Waals surface area contributed by atoms with E-state index >= 15 is 0 Å². The number of hydrogen-bond donors (Lipinski definition) is 1. The summed E-state index contributed by atoms with van der Waals surface area (Å²) in [6.07, 6.45) is 1.81. The van der Waals surface area contributed by atoms with Gasteiger partial charge in [-0.2, -0.15) is 5.26 Å². The summed E-state index contributed by atoms with van der Waals surface area (Å²) in [5, 5.41) is 11.6. The van der Waals surface area contributed by atoms with E-state index in [0.717, 1.165) is 6.54 Å². The molecule has 0 saturated heterocycles. The van der Waals surface area contributed by atoms with Crippen molar-refractivity contribution in [2.75, 3.05) is 6.54 Å². The molecule has 0 aromatic heterocycles. The Bertz CT molecular complexity index is 126. The van der Waals surface area contributed by atoms with Gasteiger partial charge in [-0.05, 0) is 12.8 Å². The van der Waals surface area contributed by atoms with E-state index in [2.05, 4.69) is 32.2 Å². The van der Waals surface area contributed by atoms with E-state index in [1.54, 1.807) is 0 Å². The maximum Gasteiger partial charge on any atom is 0.0635 e. The van der Waals surface area contributed by atoms with Crippen molar-refractivity contribution < 1.29 is 0 Å². The van der Waals surface area contributed by atoms with Crippen molar-refractivity contribution in [3.8, 4) is 6.07 Å². The molecule has 0 aromatic rings. The fraction of sp³-hybridized carbons (Fsp3) is 0.889. The molecule has 0 spiro atoms. The van der Waals surface area contributed by atoms with Crippen molar-refractivity contribution in [2.24, 2.45) is 5.92 Å². The van der Waals surface area contributed by atoms with Crippen LogP contribution in [0.4, 0.5) is 0 Å². The van der Waals surface area contributed by atoms with Gasteiger partial charge in [0.05, 0.1) is 6.07 Å². The Balaban J connectivity index is 3.37. The molecule has 0 rings (SSSR count). The Morgan fingerprint density at radius 2 is 2.09 bits per heavy atom. The van der Waals surface area contributed by atoms with Crippen LogP contribution in [0.1, 0.15) is 33.6 Å². The fourth-order valence-electron chi connectivity index (χ4n) is 0.910. The van der Waals surface area contributed by atoms with Gasteiger partial charge in [0.2, 0.25) is 0 Å². The Kier molecular flexibility index (Phi) is 5.87. The molecule has 0 amide bonds. The van der Waals surface area contributed by atoms with Crippen LogP contribution in [0.25, 0.3) is 0 Å². The summed E-state index contributed by atoms with van der Waals surface area (Å²) in [7, 11) is 0. The first-order valence-corrected chi connectivity index (χ1v) is 4.32. The van der Waals surface area contributed by atoms with Crippen LogP contribution in [0.2, 0.25) is 0 Å². The largest absolute Gasteiger partial charge is 0.313 e. The number of nitriles is 1. The highest BCUT2D eigenvalue weighted by Gasteiger charge is 2.07. The Hall–Kier alpha value is -0.550. The number of nitrogens with one attached hydrogen (secondary N) is 1. The van der Waals surface area contributed by atoms with Crippen LogP contribution in [-0.2, 0) is 0 Å². The lowest BCUT2D eigenvalue weighted by Crippen LogP contribution is -2.32. The highest BCUT2D eigenvalue weighted by atomic mass is 14.9. The molecule has 0 aromatic carbocycles. The van der Waals surface area contributed by atoms with E-state index in [9.17, 15) is 0 Å². The minimum atomic E-state index is 0.536. The Labute approximate surface area is 69.6 Å². The van der Waals surface area contributed by atoms with Gasteiger partial charge in [0.1, 0.15) is 0 Å². The summed E-state index contributed by atoms with van der Waals surface area (Å²) in [6.45, 7) is 7.41. The summed E-state index contributed by atoms with van der Waals surface area (Å²) in [6, 6.07) is 2.65. The van der Waals surface area contributed by atoms with Crippen LogP contribution in [0.3, 0.4) is 0 Å². The molecule has 0 fully saturated rings. The lowest BCUT2D eigenvalue weighted by Gasteiger charge is -2.18. The number of hydrogen-bond acceptors (Lipinski definition) is 2. The van der Waals surface area contributed by atoms with Gasteiger partial charge < -0.3 is 5.32 Å². The van der Waals surface area contributed by atoms with Gasteiger partial charge in [-0.3, -0.25) is 0 Å². The fourth-order valence-corrected chi connectivity index (χ4v) is 0.910. The van der Waals surface area contributed by atoms with Crippen LogP contribution in [0, 0.1) is 17.2 Å². The van der Waals surface area contributed by atoms with Crippen LogP contribution in [-0.4, -0.2) is 12.6 Å². The quantitative estimate of drug-likeness (QED) is 0.614. The third-order valence-electron chi connectivity index (χ3n) is 2.20. The first-order valence-electron chi connectivity index (χ1n) is 4.32. The van der Waals surface area contributed by atoms with E-state index in [-0.39, 0.29) is 0 Å². The van der Waals surface area contributed by atoms with E-state index < -0.39 is 0 Å². The van der Waals surface area contributed by atoms with Gasteiger partial charge in [0, 0.05) is 19.0 Å². The zero-order valence-corrected chi connectivity index (χ0v) is 7.72. The Morgan fingerprint density at radius 3 is 2.55 bits per heavy atom. The molecule has 2 atom stereocenters. The van der Waals surface area contributed by atoms with Crippen molar-refractivity contribution in [1.82, 2.24) is 5.32 Å². The van der Waals surface area contributed by atoms with Crippen LogP contribution >= 0.6 is 0 Å². The number of rotatable bonds is 5. The predicted molar refractivity (Wildman–Crippen MR) is 47.1 cm³/mol. The molecule has 2 heteroatoms. The minimum Gasteiger partial charge on any atom is -0.313 e. The van der Waals surface area contributed by atoms with Gasteiger partial charge in [0.25, 0.3) is 0 Å². The number of nitrogens with zero attached hydrogens (tertiary/aromatic N) is 1. The zero-order chi connectivity index (χ0) is 8.69. The lowest BCUT2D eigenvalue weighted by molar-refractivity contribution is 0.394. The van der Waals surface area contributed by atoms with Crippen molar-refractivity contribution in [1.29, 1.82) is 5.26 Å². The standard InChI is InChI=1S/C9H18N2/c1-4-8(2)9(3)11-7-5-6-10/h8-9,11H,4-5,7H2,1-3H3. The summed E-state index contributed by atoms with van der Waals surface area (Å²) < 4.78 is 0. The molecule has 64 valence electrons. The zero-order valence-electron chi connectivity index (χ0n) is 7.72. The second kappa shape index (κ2) is 6.18. The topological polar surface area (TPSA) is 35.8 Å². The molecule has 2 unspecified atom stereocenters. The third-order valence-corrected chi connectivity index (χ3v) is 2.20. The monoisotopic (exact) mass is 154 g/mol. The molecule has 0 heterocycles. The van der Waals surface area contributed by atoms with Crippen molar-refractivity contribution >= 4 is 0 Å². The van der Waals surface area contributed by atoms with Crippen molar-refractivity contribution in [3.05, 3.63) is 0 Å². The molecule has 0 aliphatic carbocycles. The molecule has 0 saturated carbocycles. The molecular formula is C9H18N2. The van der Waals surface area contributed by atoms with E-state index in [1.165, 1.54) is 6.42 Å². The second-order valence-corrected chi connectivity index (χ2v) is 3.04. The molecular weight excluding hydrogens is 136 g/mol. The lowest BCUT2D eigenvalue weighted by atomic mass is 10.0. The SMILES string of the molecule is CCC(C)C(C)NCCC#N. The molecule has 11 heavy (non-hydrogen) atoms. The van der Waals surface area contributed by atoms with Crippen LogP contribution in [0.15, 0.2) is 0 Å². The third kappa shape index (κ3) is 4.80. The molecule has 0 bridgehead atoms. The molecule has 2 nitrogen and oxygen atoms in total. The minimum absolute atomic E-state index is 0.536. The summed E-state index contributed by atoms with van der Waals surface area (Å²) in [5.74, 6) is 0.702. The van der Waals surface area contributed by atoms with Crippen molar-refractivity contribution in [3.63, 3.8) is 0 Å². The van der Waals surface area contributed by atoms with Crippen LogP contribution < -0.4 is 5.32 Å². The summed E-state index contributed by atoms with van der Waals surface area (Å²) in [4.78, 5) is 0. The first-order chi connectivity index (χ1) is 5.22. The maximum atomic E-state index is 8.28. The molecule has 0 aliphatic rings. The van der Waals surface area contributed by atoms with Crippen LogP contribution in [0.5, 0.6) is 0 Å². The van der Waals surface area contributed by atoms with Gasteiger partial charge in [-0.25, -0.2) is 0 Å². The molecule has 0 radical (unpaired) electrons. The van der Waals surface area contributed by atoms with E-state index in [0.29, 0.717) is 18.4 Å². The normalized spacial score (nSPS) is 15.5. The second-order valence-electron chi connectivity index (χ2n) is 3.04. The van der Waals surface area contributed by atoms with Gasteiger partial charge in [-0.15, -0.1) is 0 Å².